The molecule has 0 bridgehead atoms. The Hall–Kier alpha value is -2.23. The monoisotopic (exact) mass is 258 g/mol. The first kappa shape index (κ1) is 13.2. The van der Waals surface area contributed by atoms with Crippen LogP contribution in [0, 0.1) is 13.8 Å². The summed E-state index contributed by atoms with van der Waals surface area (Å²) in [4.78, 5) is 12.1. The summed E-state index contributed by atoms with van der Waals surface area (Å²) < 4.78 is 5.43. The van der Waals surface area contributed by atoms with Gasteiger partial charge in [0.05, 0.1) is 0 Å². The second-order valence-electron chi connectivity index (χ2n) is 4.55. The Morgan fingerprint density at radius 3 is 2.63 bits per heavy atom. The number of hydrogen-bond acceptors (Lipinski definition) is 3. The maximum Gasteiger partial charge on any atom is 0.291 e. The number of carbonyl (C=O) groups is 1. The Balaban J connectivity index is 2.26. The van der Waals surface area contributed by atoms with Gasteiger partial charge in [-0.05, 0) is 43.2 Å². The van der Waals surface area contributed by atoms with Gasteiger partial charge in [0.15, 0.2) is 5.76 Å². The minimum Gasteiger partial charge on any atom is -0.456 e. The number of benzene rings is 1. The van der Waals surface area contributed by atoms with Crippen molar-refractivity contribution in [2.75, 3.05) is 11.1 Å². The van der Waals surface area contributed by atoms with Crippen molar-refractivity contribution in [3.05, 3.63) is 46.9 Å². The Bertz CT molecular complexity index is 615. The Kier molecular flexibility index (Phi) is 3.60. The van der Waals surface area contributed by atoms with Crippen LogP contribution in [0.3, 0.4) is 0 Å². The molecule has 4 nitrogen and oxygen atoms in total. The van der Waals surface area contributed by atoms with Crippen LogP contribution in [0.5, 0.6) is 0 Å². The number of amides is 1. The third kappa shape index (κ3) is 2.62. The summed E-state index contributed by atoms with van der Waals surface area (Å²) in [5.41, 5.74) is 9.11. The van der Waals surface area contributed by atoms with Gasteiger partial charge in [0.2, 0.25) is 0 Å². The molecule has 0 radical (unpaired) electrons. The molecule has 0 aliphatic carbocycles. The lowest BCUT2D eigenvalue weighted by atomic mass is 10.1. The fourth-order valence-electron chi connectivity index (χ4n) is 1.92. The van der Waals surface area contributed by atoms with Crippen LogP contribution in [0.15, 0.2) is 28.7 Å². The van der Waals surface area contributed by atoms with E-state index in [0.717, 1.165) is 29.0 Å². The maximum absolute atomic E-state index is 12.1. The van der Waals surface area contributed by atoms with Crippen molar-refractivity contribution < 1.29 is 9.21 Å². The lowest BCUT2D eigenvalue weighted by molar-refractivity contribution is 0.0995. The first-order valence-electron chi connectivity index (χ1n) is 6.28. The van der Waals surface area contributed by atoms with Crippen LogP contribution in [0.25, 0.3) is 0 Å². The molecule has 4 heteroatoms. The van der Waals surface area contributed by atoms with Gasteiger partial charge >= 0.3 is 0 Å². The van der Waals surface area contributed by atoms with Gasteiger partial charge in [-0.25, -0.2) is 0 Å². The van der Waals surface area contributed by atoms with E-state index in [2.05, 4.69) is 5.32 Å². The highest BCUT2D eigenvalue weighted by molar-refractivity contribution is 6.03. The van der Waals surface area contributed by atoms with E-state index < -0.39 is 0 Å². The second-order valence-corrected chi connectivity index (χ2v) is 4.55. The molecular weight excluding hydrogens is 240 g/mol. The minimum absolute atomic E-state index is 0.253. The van der Waals surface area contributed by atoms with Crippen LogP contribution in [0.2, 0.25) is 0 Å². The van der Waals surface area contributed by atoms with Crippen LogP contribution in [-0.4, -0.2) is 5.91 Å². The zero-order chi connectivity index (χ0) is 14.0. The average Bonchev–Trinajstić information content (AvgIpc) is 2.88. The molecule has 0 saturated heterocycles. The molecule has 1 aromatic carbocycles. The molecule has 1 heterocycles. The van der Waals surface area contributed by atoms with E-state index in [1.807, 2.05) is 39.0 Å². The topological polar surface area (TPSA) is 68.3 Å². The molecule has 0 spiro atoms. The standard InChI is InChI=1S/C15H18N2O2/c1-4-11-6-8-13(19-11)15(18)17-14-9(2)5-7-12(16)10(14)3/h5-8H,4,16H2,1-3H3,(H,17,18). The molecule has 0 atom stereocenters. The quantitative estimate of drug-likeness (QED) is 0.830. The molecule has 19 heavy (non-hydrogen) atoms. The first-order chi connectivity index (χ1) is 9.02. The molecule has 0 aliphatic rings. The van der Waals surface area contributed by atoms with Gasteiger partial charge in [0.25, 0.3) is 5.91 Å². The van der Waals surface area contributed by atoms with Gasteiger partial charge in [0, 0.05) is 17.8 Å². The Labute approximate surface area is 112 Å². The van der Waals surface area contributed by atoms with Crippen LogP contribution < -0.4 is 11.1 Å². The third-order valence-corrected chi connectivity index (χ3v) is 3.19. The van der Waals surface area contributed by atoms with E-state index in [4.69, 9.17) is 10.2 Å². The van der Waals surface area contributed by atoms with Crippen molar-refractivity contribution in [2.24, 2.45) is 0 Å². The summed E-state index contributed by atoms with van der Waals surface area (Å²) in [6, 6.07) is 7.22. The van der Waals surface area contributed by atoms with Crippen LogP contribution in [0.4, 0.5) is 11.4 Å². The summed E-state index contributed by atoms with van der Waals surface area (Å²) >= 11 is 0. The Morgan fingerprint density at radius 2 is 2.00 bits per heavy atom. The van der Waals surface area contributed by atoms with Crippen LogP contribution in [-0.2, 0) is 6.42 Å². The highest BCUT2D eigenvalue weighted by Crippen LogP contribution is 2.25. The summed E-state index contributed by atoms with van der Waals surface area (Å²) in [6.45, 7) is 5.80. The fourth-order valence-corrected chi connectivity index (χ4v) is 1.92. The largest absolute Gasteiger partial charge is 0.456 e. The number of aryl methyl sites for hydroxylation is 2. The summed E-state index contributed by atoms with van der Waals surface area (Å²) in [5, 5.41) is 2.86. The van der Waals surface area contributed by atoms with Gasteiger partial charge in [-0.15, -0.1) is 0 Å². The summed E-state index contributed by atoms with van der Waals surface area (Å²) in [6.07, 6.45) is 0.767. The maximum atomic E-state index is 12.1. The number of anilines is 2. The number of carbonyl (C=O) groups excluding carboxylic acids is 1. The van der Waals surface area contributed by atoms with Crippen molar-refractivity contribution >= 4 is 17.3 Å². The first-order valence-corrected chi connectivity index (χ1v) is 6.28. The van der Waals surface area contributed by atoms with Crippen molar-refractivity contribution in [1.82, 2.24) is 0 Å². The highest BCUT2D eigenvalue weighted by atomic mass is 16.3. The molecule has 1 aromatic heterocycles. The molecule has 0 fully saturated rings. The van der Waals surface area contributed by atoms with E-state index in [1.165, 1.54) is 0 Å². The lowest BCUT2D eigenvalue weighted by Crippen LogP contribution is -2.13. The van der Waals surface area contributed by atoms with E-state index >= 15 is 0 Å². The molecule has 0 unspecified atom stereocenters. The summed E-state index contributed by atoms with van der Waals surface area (Å²) in [5.74, 6) is 0.862. The molecule has 0 aliphatic heterocycles. The fraction of sp³-hybridized carbons (Fsp3) is 0.267. The SMILES string of the molecule is CCc1ccc(C(=O)Nc2c(C)ccc(N)c2C)o1. The van der Waals surface area contributed by atoms with Gasteiger partial charge in [0.1, 0.15) is 5.76 Å². The van der Waals surface area contributed by atoms with Gasteiger partial charge < -0.3 is 15.5 Å². The molecule has 0 saturated carbocycles. The Morgan fingerprint density at radius 1 is 1.26 bits per heavy atom. The van der Waals surface area contributed by atoms with Gasteiger partial charge in [-0.1, -0.05) is 13.0 Å². The predicted molar refractivity (Wildman–Crippen MR) is 76.4 cm³/mol. The number of rotatable bonds is 3. The van der Waals surface area contributed by atoms with Gasteiger partial charge in [-0.3, -0.25) is 4.79 Å². The molecule has 2 aromatic rings. The average molecular weight is 258 g/mol. The van der Waals surface area contributed by atoms with Gasteiger partial charge in [-0.2, -0.15) is 0 Å². The zero-order valence-electron chi connectivity index (χ0n) is 11.4. The number of nitrogen functional groups attached to an aromatic ring is 1. The second kappa shape index (κ2) is 5.18. The molecular formula is C15H18N2O2. The smallest absolute Gasteiger partial charge is 0.291 e. The van der Waals surface area contributed by atoms with Crippen LogP contribution in [0.1, 0.15) is 34.4 Å². The van der Waals surface area contributed by atoms with E-state index in [1.54, 1.807) is 6.07 Å². The van der Waals surface area contributed by atoms with E-state index in [9.17, 15) is 4.79 Å². The van der Waals surface area contributed by atoms with Crippen molar-refractivity contribution in [3.63, 3.8) is 0 Å². The van der Waals surface area contributed by atoms with E-state index in [0.29, 0.717) is 11.4 Å². The van der Waals surface area contributed by atoms with Crippen LogP contribution >= 0.6 is 0 Å². The zero-order valence-corrected chi connectivity index (χ0v) is 11.4. The molecule has 1 amide bonds. The highest BCUT2D eigenvalue weighted by Gasteiger charge is 2.14. The number of nitrogens with one attached hydrogen (secondary N) is 1. The third-order valence-electron chi connectivity index (χ3n) is 3.19. The summed E-state index contributed by atoms with van der Waals surface area (Å²) in [7, 11) is 0. The molecule has 3 N–H and O–H groups in total. The minimum atomic E-state index is -0.253. The normalized spacial score (nSPS) is 10.5. The van der Waals surface area contributed by atoms with Crippen molar-refractivity contribution in [3.8, 4) is 0 Å². The predicted octanol–water partition coefficient (Wildman–Crippen LogP) is 3.29. The number of hydrogen-bond donors (Lipinski definition) is 2. The van der Waals surface area contributed by atoms with Crippen molar-refractivity contribution in [2.45, 2.75) is 27.2 Å². The number of furan rings is 1. The van der Waals surface area contributed by atoms with Crippen molar-refractivity contribution in [1.29, 1.82) is 0 Å². The lowest BCUT2D eigenvalue weighted by Gasteiger charge is -2.12. The number of nitrogens with two attached hydrogens (primary N) is 1. The van der Waals surface area contributed by atoms with E-state index in [-0.39, 0.29) is 5.91 Å². The molecule has 2 rings (SSSR count). The molecule has 100 valence electrons.